The van der Waals surface area contributed by atoms with E-state index in [9.17, 15) is 18.0 Å². The average Bonchev–Trinajstić information content (AvgIpc) is 2.54. The maximum atomic E-state index is 12.0. The molecule has 1 amide bonds. The fraction of sp³-hybridized carbons (Fsp3) is 0.500. The van der Waals surface area contributed by atoms with Crippen LogP contribution in [0.5, 0.6) is 5.88 Å². The van der Waals surface area contributed by atoms with Gasteiger partial charge in [0.25, 0.3) is 5.91 Å². The summed E-state index contributed by atoms with van der Waals surface area (Å²) in [6.45, 7) is -0.863. The number of nitrogens with one attached hydrogen (secondary N) is 1. The van der Waals surface area contributed by atoms with Crippen molar-refractivity contribution in [3.63, 3.8) is 0 Å². The van der Waals surface area contributed by atoms with Crippen molar-refractivity contribution in [3.8, 4) is 5.88 Å². The number of halogens is 3. The van der Waals surface area contributed by atoms with Gasteiger partial charge in [-0.05, 0) is 38.2 Å². The molecule has 0 spiro atoms. The van der Waals surface area contributed by atoms with Crippen LogP contribution in [-0.4, -0.2) is 30.2 Å². The van der Waals surface area contributed by atoms with Gasteiger partial charge in [0.15, 0.2) is 6.61 Å². The van der Waals surface area contributed by atoms with Gasteiger partial charge in [0.1, 0.15) is 0 Å². The molecule has 0 aliphatic heterocycles. The van der Waals surface area contributed by atoms with Crippen molar-refractivity contribution >= 4 is 5.91 Å². The molecular formula is C16H19F3N2O2. The van der Waals surface area contributed by atoms with Gasteiger partial charge in [-0.3, -0.25) is 4.79 Å². The van der Waals surface area contributed by atoms with E-state index in [1.807, 2.05) is 0 Å². The molecule has 1 aliphatic carbocycles. The van der Waals surface area contributed by atoms with Crippen molar-refractivity contribution in [2.75, 3.05) is 13.2 Å². The molecule has 7 heteroatoms. The SMILES string of the molecule is O=C(NCCC1=CCCCC1)c1ccc(OCC(F)(F)F)nc1. The predicted molar refractivity (Wildman–Crippen MR) is 79.3 cm³/mol. The van der Waals surface area contributed by atoms with Crippen LogP contribution in [0.25, 0.3) is 0 Å². The van der Waals surface area contributed by atoms with E-state index in [1.165, 1.54) is 36.7 Å². The van der Waals surface area contributed by atoms with Crippen LogP contribution in [0.3, 0.4) is 0 Å². The molecule has 0 fully saturated rings. The third-order valence-electron chi connectivity index (χ3n) is 3.50. The summed E-state index contributed by atoms with van der Waals surface area (Å²) in [7, 11) is 0. The first-order valence-electron chi connectivity index (χ1n) is 7.56. The number of hydrogen-bond donors (Lipinski definition) is 1. The van der Waals surface area contributed by atoms with Gasteiger partial charge in [-0.15, -0.1) is 0 Å². The molecule has 1 aliphatic rings. The van der Waals surface area contributed by atoms with Crippen molar-refractivity contribution in [1.29, 1.82) is 0 Å². The summed E-state index contributed by atoms with van der Waals surface area (Å²) in [6.07, 6.45) is 4.46. The summed E-state index contributed by atoms with van der Waals surface area (Å²) >= 11 is 0. The number of amides is 1. The second-order valence-electron chi connectivity index (χ2n) is 5.40. The summed E-state index contributed by atoms with van der Waals surface area (Å²) < 4.78 is 40.6. The number of carbonyl (C=O) groups excluding carboxylic acids is 1. The number of pyridine rings is 1. The number of nitrogens with zero attached hydrogens (tertiary/aromatic N) is 1. The van der Waals surface area contributed by atoms with Crippen LogP contribution < -0.4 is 10.1 Å². The zero-order valence-corrected chi connectivity index (χ0v) is 12.7. The van der Waals surface area contributed by atoms with Crippen LogP contribution in [0.15, 0.2) is 30.0 Å². The fourth-order valence-corrected chi connectivity index (χ4v) is 2.33. The first kappa shape index (κ1) is 17.3. The molecule has 23 heavy (non-hydrogen) atoms. The number of aromatic nitrogens is 1. The van der Waals surface area contributed by atoms with E-state index in [-0.39, 0.29) is 11.8 Å². The lowest BCUT2D eigenvalue weighted by atomic mass is 9.97. The second kappa shape index (κ2) is 7.99. The third kappa shape index (κ3) is 6.30. The molecule has 1 aromatic heterocycles. The number of rotatable bonds is 6. The Balaban J connectivity index is 1.77. The highest BCUT2D eigenvalue weighted by molar-refractivity contribution is 5.93. The van der Waals surface area contributed by atoms with Gasteiger partial charge in [-0.2, -0.15) is 13.2 Å². The maximum absolute atomic E-state index is 12.0. The zero-order chi connectivity index (χ0) is 16.7. The molecule has 0 radical (unpaired) electrons. The topological polar surface area (TPSA) is 51.2 Å². The van der Waals surface area contributed by atoms with Crippen LogP contribution >= 0.6 is 0 Å². The molecule has 0 atom stereocenters. The molecule has 0 saturated carbocycles. The Labute approximate surface area is 132 Å². The highest BCUT2D eigenvalue weighted by Crippen LogP contribution is 2.19. The van der Waals surface area contributed by atoms with Gasteiger partial charge < -0.3 is 10.1 Å². The molecule has 2 rings (SSSR count). The number of carbonyl (C=O) groups is 1. The molecule has 0 saturated heterocycles. The van der Waals surface area contributed by atoms with Crippen LogP contribution in [-0.2, 0) is 0 Å². The van der Waals surface area contributed by atoms with Crippen LogP contribution in [0.1, 0.15) is 42.5 Å². The average molecular weight is 328 g/mol. The minimum Gasteiger partial charge on any atom is -0.468 e. The number of ether oxygens (including phenoxy) is 1. The van der Waals surface area contributed by atoms with Gasteiger partial charge in [0.2, 0.25) is 5.88 Å². The first-order valence-corrected chi connectivity index (χ1v) is 7.56. The Morgan fingerprint density at radius 1 is 1.30 bits per heavy atom. The maximum Gasteiger partial charge on any atom is 0.422 e. The molecule has 1 aromatic rings. The van der Waals surface area contributed by atoms with E-state index in [2.05, 4.69) is 21.1 Å². The minimum atomic E-state index is -4.41. The molecule has 1 N–H and O–H groups in total. The van der Waals surface area contributed by atoms with Gasteiger partial charge in [-0.25, -0.2) is 4.98 Å². The Hall–Kier alpha value is -2.05. The Bertz CT molecular complexity index is 553. The third-order valence-corrected chi connectivity index (χ3v) is 3.50. The first-order chi connectivity index (χ1) is 10.9. The molecule has 4 nitrogen and oxygen atoms in total. The monoisotopic (exact) mass is 328 g/mol. The van der Waals surface area contributed by atoms with Gasteiger partial charge in [0, 0.05) is 18.8 Å². The van der Waals surface area contributed by atoms with Crippen LogP contribution in [0.2, 0.25) is 0 Å². The molecule has 0 aromatic carbocycles. The Morgan fingerprint density at radius 3 is 2.74 bits per heavy atom. The van der Waals surface area contributed by atoms with E-state index >= 15 is 0 Å². The van der Waals surface area contributed by atoms with E-state index < -0.39 is 12.8 Å². The van der Waals surface area contributed by atoms with Crippen molar-refractivity contribution in [2.24, 2.45) is 0 Å². The number of hydrogen-bond acceptors (Lipinski definition) is 3. The smallest absolute Gasteiger partial charge is 0.422 e. The lowest BCUT2D eigenvalue weighted by molar-refractivity contribution is -0.154. The largest absolute Gasteiger partial charge is 0.468 e. The Kier molecular flexibility index (Phi) is 6.01. The van der Waals surface area contributed by atoms with E-state index in [0.717, 1.165) is 19.3 Å². The number of allylic oxidation sites excluding steroid dienone is 1. The zero-order valence-electron chi connectivity index (χ0n) is 12.7. The van der Waals surface area contributed by atoms with E-state index in [4.69, 9.17) is 0 Å². The van der Waals surface area contributed by atoms with Gasteiger partial charge >= 0.3 is 6.18 Å². The quantitative estimate of drug-likeness (QED) is 0.811. The second-order valence-corrected chi connectivity index (χ2v) is 5.40. The predicted octanol–water partition coefficient (Wildman–Crippen LogP) is 3.64. The summed E-state index contributed by atoms with van der Waals surface area (Å²) in [6, 6.07) is 2.65. The Morgan fingerprint density at radius 2 is 2.13 bits per heavy atom. The van der Waals surface area contributed by atoms with Crippen molar-refractivity contribution in [1.82, 2.24) is 10.3 Å². The molecule has 126 valence electrons. The van der Waals surface area contributed by atoms with Crippen molar-refractivity contribution in [3.05, 3.63) is 35.5 Å². The van der Waals surface area contributed by atoms with E-state index in [0.29, 0.717) is 12.1 Å². The van der Waals surface area contributed by atoms with Gasteiger partial charge in [-0.1, -0.05) is 11.6 Å². The van der Waals surface area contributed by atoms with E-state index in [1.54, 1.807) is 0 Å². The minimum absolute atomic E-state index is 0.161. The van der Waals surface area contributed by atoms with Crippen LogP contribution in [0, 0.1) is 0 Å². The van der Waals surface area contributed by atoms with Crippen LogP contribution in [0.4, 0.5) is 13.2 Å². The molecule has 0 unspecified atom stereocenters. The highest BCUT2D eigenvalue weighted by Gasteiger charge is 2.28. The highest BCUT2D eigenvalue weighted by atomic mass is 19.4. The summed E-state index contributed by atoms with van der Waals surface area (Å²) in [5, 5.41) is 2.78. The summed E-state index contributed by atoms with van der Waals surface area (Å²) in [4.78, 5) is 15.6. The summed E-state index contributed by atoms with van der Waals surface area (Å²) in [5.41, 5.74) is 1.66. The number of alkyl halides is 3. The standard InChI is InChI=1S/C16H19F3N2O2/c17-16(18,19)11-23-14-7-6-13(10-21-14)15(22)20-9-8-12-4-2-1-3-5-12/h4,6-7,10H,1-3,5,8-9,11H2,(H,20,22). The van der Waals surface area contributed by atoms with Gasteiger partial charge in [0.05, 0.1) is 5.56 Å². The van der Waals surface area contributed by atoms with Crippen molar-refractivity contribution < 1.29 is 22.7 Å². The van der Waals surface area contributed by atoms with Crippen molar-refractivity contribution in [2.45, 2.75) is 38.3 Å². The summed E-state index contributed by atoms with van der Waals surface area (Å²) in [5.74, 6) is -0.456. The fourth-order valence-electron chi connectivity index (χ4n) is 2.33. The molecule has 0 bridgehead atoms. The molecule has 1 heterocycles. The lowest BCUT2D eigenvalue weighted by Gasteiger charge is -2.13. The normalized spacial score (nSPS) is 15.0. The molecular weight excluding hydrogens is 309 g/mol. The lowest BCUT2D eigenvalue weighted by Crippen LogP contribution is -2.25.